The van der Waals surface area contributed by atoms with Crippen LogP contribution >= 0.6 is 0 Å². The molecule has 1 aliphatic rings. The molecule has 21 heavy (non-hydrogen) atoms. The highest BCUT2D eigenvalue weighted by molar-refractivity contribution is 5.57. The van der Waals surface area contributed by atoms with Crippen LogP contribution in [0.1, 0.15) is 25.1 Å². The number of benzene rings is 1. The molecule has 1 aromatic carbocycles. The lowest BCUT2D eigenvalue weighted by Crippen LogP contribution is -2.44. The van der Waals surface area contributed by atoms with Gasteiger partial charge in [-0.2, -0.15) is 0 Å². The summed E-state index contributed by atoms with van der Waals surface area (Å²) in [7, 11) is 0. The minimum atomic E-state index is -1.21. The zero-order valence-corrected chi connectivity index (χ0v) is 12.3. The molecular formula is C17H20N2O2. The number of aromatic nitrogens is 1. The first kappa shape index (κ1) is 13.9. The minimum absolute atomic E-state index is 0.141. The predicted octanol–water partition coefficient (Wildman–Crippen LogP) is 2.93. The number of nitrogens with one attached hydrogen (secondary N) is 1. The maximum absolute atomic E-state index is 10.7. The third-order valence-electron chi connectivity index (χ3n) is 3.55. The zero-order chi connectivity index (χ0) is 14.9. The van der Waals surface area contributed by atoms with Gasteiger partial charge in [-0.05, 0) is 24.5 Å². The Morgan fingerprint density at radius 1 is 1.24 bits per heavy atom. The average molecular weight is 284 g/mol. The van der Waals surface area contributed by atoms with Crippen LogP contribution in [0.2, 0.25) is 0 Å². The molecule has 3 rings (SSSR count). The van der Waals surface area contributed by atoms with E-state index in [1.165, 1.54) is 0 Å². The Kier molecular flexibility index (Phi) is 3.55. The Labute approximate surface area is 124 Å². The van der Waals surface area contributed by atoms with E-state index in [-0.39, 0.29) is 6.61 Å². The van der Waals surface area contributed by atoms with Crippen molar-refractivity contribution in [3.63, 3.8) is 0 Å². The first-order chi connectivity index (χ1) is 10.1. The van der Waals surface area contributed by atoms with Crippen molar-refractivity contribution < 1.29 is 9.84 Å². The summed E-state index contributed by atoms with van der Waals surface area (Å²) in [6.07, 6.45) is 0.916. The van der Waals surface area contributed by atoms with Crippen molar-refractivity contribution in [2.75, 3.05) is 11.9 Å². The molecule has 1 aromatic heterocycles. The summed E-state index contributed by atoms with van der Waals surface area (Å²) in [4.78, 5) is 4.52. The fourth-order valence-electron chi connectivity index (χ4n) is 2.52. The van der Waals surface area contributed by atoms with Crippen molar-refractivity contribution in [2.45, 2.75) is 26.0 Å². The molecule has 0 unspecified atom stereocenters. The number of ether oxygens (including phenoxy) is 1. The highest BCUT2D eigenvalue weighted by atomic mass is 16.5. The Hall–Kier alpha value is -2.07. The summed E-state index contributed by atoms with van der Waals surface area (Å²) < 4.78 is 5.69. The number of aliphatic hydroxyl groups is 1. The van der Waals surface area contributed by atoms with Crippen LogP contribution in [0.3, 0.4) is 0 Å². The fraction of sp³-hybridized carbons (Fsp3) is 0.353. The first-order valence-corrected chi connectivity index (χ1v) is 7.26. The summed E-state index contributed by atoms with van der Waals surface area (Å²) in [6, 6.07) is 13.4. The van der Waals surface area contributed by atoms with Gasteiger partial charge in [0.15, 0.2) is 5.72 Å². The lowest BCUT2D eigenvalue weighted by molar-refractivity contribution is 0.00584. The average Bonchev–Trinajstić information content (AvgIpc) is 2.48. The fourth-order valence-corrected chi connectivity index (χ4v) is 2.52. The third kappa shape index (κ3) is 2.85. The van der Waals surface area contributed by atoms with Crippen LogP contribution in [0.15, 0.2) is 42.5 Å². The number of hydrogen-bond donors (Lipinski definition) is 2. The Morgan fingerprint density at radius 2 is 2.00 bits per heavy atom. The van der Waals surface area contributed by atoms with E-state index in [0.717, 1.165) is 23.4 Å². The van der Waals surface area contributed by atoms with Gasteiger partial charge in [-0.15, -0.1) is 0 Å². The summed E-state index contributed by atoms with van der Waals surface area (Å²) >= 11 is 0. The minimum Gasteiger partial charge on any atom is -0.471 e. The van der Waals surface area contributed by atoms with E-state index in [1.54, 1.807) is 0 Å². The number of nitrogens with zero attached hydrogens (tertiary/aromatic N) is 1. The highest BCUT2D eigenvalue weighted by Crippen LogP contribution is 2.34. The molecule has 2 N–H and O–H groups in total. The van der Waals surface area contributed by atoms with Gasteiger partial charge in [-0.25, -0.2) is 4.98 Å². The molecule has 0 amide bonds. The second-order valence-electron chi connectivity index (χ2n) is 5.89. The smallest absolute Gasteiger partial charge is 0.237 e. The summed E-state index contributed by atoms with van der Waals surface area (Å²) in [5, 5.41) is 13.9. The van der Waals surface area contributed by atoms with Gasteiger partial charge in [-0.3, -0.25) is 0 Å². The molecule has 0 spiro atoms. The number of hydrogen-bond acceptors (Lipinski definition) is 4. The van der Waals surface area contributed by atoms with E-state index in [1.807, 2.05) is 42.5 Å². The van der Waals surface area contributed by atoms with Gasteiger partial charge in [-0.1, -0.05) is 44.2 Å². The van der Waals surface area contributed by atoms with Crippen LogP contribution < -0.4 is 10.1 Å². The Morgan fingerprint density at radius 3 is 2.71 bits per heavy atom. The van der Waals surface area contributed by atoms with Crippen LogP contribution in [0.25, 0.3) is 0 Å². The number of pyridine rings is 1. The molecule has 2 heterocycles. The Balaban J connectivity index is 1.86. The highest BCUT2D eigenvalue weighted by Gasteiger charge is 2.35. The molecule has 4 nitrogen and oxygen atoms in total. The second kappa shape index (κ2) is 5.37. The molecular weight excluding hydrogens is 264 g/mol. The molecule has 0 fully saturated rings. The molecule has 0 saturated carbocycles. The van der Waals surface area contributed by atoms with E-state index in [0.29, 0.717) is 11.8 Å². The largest absolute Gasteiger partial charge is 0.471 e. The number of anilines is 1. The van der Waals surface area contributed by atoms with Gasteiger partial charge in [0.1, 0.15) is 6.61 Å². The van der Waals surface area contributed by atoms with Gasteiger partial charge < -0.3 is 15.2 Å². The van der Waals surface area contributed by atoms with Gasteiger partial charge in [0.25, 0.3) is 0 Å². The maximum atomic E-state index is 10.7. The summed E-state index contributed by atoms with van der Waals surface area (Å²) in [6.45, 7) is 4.46. The van der Waals surface area contributed by atoms with Crippen LogP contribution in [0, 0.1) is 5.92 Å². The molecule has 0 saturated heterocycles. The zero-order valence-electron chi connectivity index (χ0n) is 12.3. The van der Waals surface area contributed by atoms with Crippen LogP contribution in [-0.2, 0) is 12.1 Å². The molecule has 1 aliphatic heterocycles. The molecule has 4 heteroatoms. The molecule has 0 radical (unpaired) electrons. The second-order valence-corrected chi connectivity index (χ2v) is 5.89. The molecule has 2 aromatic rings. The summed E-state index contributed by atoms with van der Waals surface area (Å²) in [5.41, 5.74) is 1.30. The lowest BCUT2D eigenvalue weighted by atomic mass is 10.0. The van der Waals surface area contributed by atoms with E-state index in [2.05, 4.69) is 24.1 Å². The van der Waals surface area contributed by atoms with E-state index in [4.69, 9.17) is 4.74 Å². The van der Waals surface area contributed by atoms with Gasteiger partial charge in [0.2, 0.25) is 5.88 Å². The molecule has 110 valence electrons. The van der Waals surface area contributed by atoms with Crippen molar-refractivity contribution in [1.82, 2.24) is 4.98 Å². The SMILES string of the molecule is CC(C)Cc1ccc2c(n1)OC[C@](O)(c1ccccc1)N2. The topological polar surface area (TPSA) is 54.4 Å². The van der Waals surface area contributed by atoms with Gasteiger partial charge in [0, 0.05) is 11.3 Å². The van der Waals surface area contributed by atoms with Crippen LogP contribution in [0.5, 0.6) is 5.88 Å². The number of fused-ring (bicyclic) bond motifs is 1. The monoisotopic (exact) mass is 284 g/mol. The van der Waals surface area contributed by atoms with Crippen molar-refractivity contribution >= 4 is 5.69 Å². The summed E-state index contributed by atoms with van der Waals surface area (Å²) in [5.74, 6) is 1.11. The first-order valence-electron chi connectivity index (χ1n) is 7.26. The quantitative estimate of drug-likeness (QED) is 0.910. The molecule has 1 atom stereocenters. The van der Waals surface area contributed by atoms with Gasteiger partial charge in [0.05, 0.1) is 5.69 Å². The predicted molar refractivity (Wildman–Crippen MR) is 82.2 cm³/mol. The standard InChI is InChI=1S/C17H20N2O2/c1-12(2)10-14-8-9-15-16(18-14)21-11-17(20,19-15)13-6-4-3-5-7-13/h3-9,12,19-20H,10-11H2,1-2H3/t17-/m0/s1. The van der Waals surface area contributed by atoms with Crippen molar-refractivity contribution in [2.24, 2.45) is 5.92 Å². The lowest BCUT2D eigenvalue weighted by Gasteiger charge is -2.35. The molecule has 0 aliphatic carbocycles. The third-order valence-corrected chi connectivity index (χ3v) is 3.55. The van der Waals surface area contributed by atoms with E-state index in [9.17, 15) is 5.11 Å². The normalized spacial score (nSPS) is 20.6. The Bertz CT molecular complexity index is 628. The molecule has 0 bridgehead atoms. The van der Waals surface area contributed by atoms with E-state index >= 15 is 0 Å². The van der Waals surface area contributed by atoms with Gasteiger partial charge >= 0.3 is 0 Å². The van der Waals surface area contributed by atoms with Crippen LogP contribution in [0.4, 0.5) is 5.69 Å². The maximum Gasteiger partial charge on any atom is 0.237 e. The van der Waals surface area contributed by atoms with E-state index < -0.39 is 5.72 Å². The van der Waals surface area contributed by atoms with Crippen LogP contribution in [-0.4, -0.2) is 16.7 Å². The van der Waals surface area contributed by atoms with Crippen molar-refractivity contribution in [3.05, 3.63) is 53.7 Å². The van der Waals surface area contributed by atoms with Crippen molar-refractivity contribution in [3.8, 4) is 5.88 Å². The number of rotatable bonds is 3. The van der Waals surface area contributed by atoms with Crippen molar-refractivity contribution in [1.29, 1.82) is 0 Å².